The normalized spacial score (nSPS) is 10.9. The zero-order valence-corrected chi connectivity index (χ0v) is 17.4. The van der Waals surface area contributed by atoms with Gasteiger partial charge in [-0.3, -0.25) is 14.9 Å². The Balaban J connectivity index is 1.39. The van der Waals surface area contributed by atoms with Crippen molar-refractivity contribution in [2.45, 2.75) is 0 Å². The number of nitro benzene ring substituents is 1. The molecule has 33 heavy (non-hydrogen) atoms. The molecule has 5 aromatic rings. The van der Waals surface area contributed by atoms with Gasteiger partial charge in [0.1, 0.15) is 5.52 Å². The minimum Gasteiger partial charge on any atom is -0.490 e. The van der Waals surface area contributed by atoms with Crippen LogP contribution < -0.4 is 10.1 Å². The van der Waals surface area contributed by atoms with Gasteiger partial charge >= 0.3 is 5.69 Å². The molecule has 1 heterocycles. The van der Waals surface area contributed by atoms with E-state index in [2.05, 4.69) is 10.3 Å². The van der Waals surface area contributed by atoms with Crippen LogP contribution in [0.4, 0.5) is 11.4 Å². The number of nitrogens with zero attached hydrogens (tertiary/aromatic N) is 2. The summed E-state index contributed by atoms with van der Waals surface area (Å²) in [5.74, 6) is 0.0962. The zero-order chi connectivity index (χ0) is 22.9. The number of carbonyl (C=O) groups is 1. The number of carbonyl (C=O) groups excluding carboxylic acids is 1. The number of oxazole rings is 1. The quantitative estimate of drug-likeness (QED) is 0.273. The number of benzene rings is 4. The summed E-state index contributed by atoms with van der Waals surface area (Å²) in [6.07, 6.45) is 0. The van der Waals surface area contributed by atoms with E-state index in [0.29, 0.717) is 11.6 Å². The van der Waals surface area contributed by atoms with Crippen molar-refractivity contribution in [3.05, 3.63) is 94.5 Å². The molecule has 0 aliphatic rings. The molecule has 0 radical (unpaired) electrons. The summed E-state index contributed by atoms with van der Waals surface area (Å²) in [6, 6.07) is 23.0. The largest absolute Gasteiger partial charge is 0.490 e. The fourth-order valence-electron chi connectivity index (χ4n) is 3.65. The summed E-state index contributed by atoms with van der Waals surface area (Å²) in [5.41, 5.74) is 2.65. The van der Waals surface area contributed by atoms with Crippen LogP contribution in [0.2, 0.25) is 0 Å². The Labute approximate surface area is 187 Å². The highest BCUT2D eigenvalue weighted by Crippen LogP contribution is 2.31. The Bertz CT molecular complexity index is 1520. The minimum atomic E-state index is -0.589. The molecule has 0 atom stereocenters. The smallest absolute Gasteiger partial charge is 0.311 e. The number of anilines is 1. The van der Waals surface area contributed by atoms with Crippen LogP contribution >= 0.6 is 0 Å². The fraction of sp³-hybridized carbons (Fsp3) is 0.0400. The van der Waals surface area contributed by atoms with E-state index in [1.807, 2.05) is 36.4 Å². The van der Waals surface area contributed by atoms with Crippen LogP contribution in [-0.4, -0.2) is 22.9 Å². The monoisotopic (exact) mass is 439 g/mol. The van der Waals surface area contributed by atoms with Crippen LogP contribution in [0.5, 0.6) is 5.75 Å². The molecule has 1 amide bonds. The highest BCUT2D eigenvalue weighted by molar-refractivity contribution is 6.05. The van der Waals surface area contributed by atoms with Gasteiger partial charge in [0.05, 0.1) is 12.0 Å². The van der Waals surface area contributed by atoms with E-state index in [9.17, 15) is 14.9 Å². The standard InChI is InChI=1S/C25H17N3O5/c1-32-22-13-9-17(14-21(22)28(30)31)24(29)26-18-10-6-16(7-11-18)25-27-20-12-8-15-4-2-3-5-19(15)23(20)33-25/h2-14H,1H3,(H,26,29). The number of fused-ring (bicyclic) bond motifs is 3. The van der Waals surface area contributed by atoms with Crippen molar-refractivity contribution >= 4 is 39.2 Å². The average molecular weight is 439 g/mol. The van der Waals surface area contributed by atoms with Crippen LogP contribution in [0.1, 0.15) is 10.4 Å². The van der Waals surface area contributed by atoms with E-state index >= 15 is 0 Å². The maximum absolute atomic E-state index is 12.6. The second kappa shape index (κ2) is 8.08. The Hall–Kier alpha value is -4.72. The number of hydrogen-bond donors (Lipinski definition) is 1. The Morgan fingerprint density at radius 3 is 2.58 bits per heavy atom. The highest BCUT2D eigenvalue weighted by Gasteiger charge is 2.18. The first-order valence-electron chi connectivity index (χ1n) is 10.1. The molecule has 1 aromatic heterocycles. The predicted octanol–water partition coefficient (Wildman–Crippen LogP) is 5.82. The summed E-state index contributed by atoms with van der Waals surface area (Å²) >= 11 is 0. The first-order valence-corrected chi connectivity index (χ1v) is 10.1. The summed E-state index contributed by atoms with van der Waals surface area (Å²) < 4.78 is 11.0. The van der Waals surface area contributed by atoms with Crippen molar-refractivity contribution in [1.29, 1.82) is 0 Å². The zero-order valence-electron chi connectivity index (χ0n) is 17.4. The average Bonchev–Trinajstić information content (AvgIpc) is 3.29. The molecule has 1 N–H and O–H groups in total. The third-order valence-corrected chi connectivity index (χ3v) is 5.31. The molecule has 4 aromatic carbocycles. The third-order valence-electron chi connectivity index (χ3n) is 5.31. The lowest BCUT2D eigenvalue weighted by Crippen LogP contribution is -2.12. The fourth-order valence-corrected chi connectivity index (χ4v) is 3.65. The molecular weight excluding hydrogens is 422 g/mol. The number of rotatable bonds is 5. The van der Waals surface area contributed by atoms with Crippen molar-refractivity contribution in [3.63, 3.8) is 0 Å². The van der Waals surface area contributed by atoms with E-state index in [1.165, 1.54) is 25.3 Å². The molecule has 0 bridgehead atoms. The SMILES string of the molecule is COc1ccc(C(=O)Nc2ccc(-c3nc4ccc5ccccc5c4o3)cc2)cc1[N+](=O)[O-]. The first kappa shape index (κ1) is 20.2. The number of methoxy groups -OCH3 is 1. The lowest BCUT2D eigenvalue weighted by molar-refractivity contribution is -0.385. The van der Waals surface area contributed by atoms with Crippen molar-refractivity contribution in [1.82, 2.24) is 4.98 Å². The van der Waals surface area contributed by atoms with Gasteiger partial charge < -0.3 is 14.5 Å². The summed E-state index contributed by atoms with van der Waals surface area (Å²) in [4.78, 5) is 27.8. The summed E-state index contributed by atoms with van der Waals surface area (Å²) in [6.45, 7) is 0. The molecule has 0 fully saturated rings. The van der Waals surface area contributed by atoms with E-state index in [1.54, 1.807) is 24.3 Å². The van der Waals surface area contributed by atoms with Gasteiger partial charge in [0.15, 0.2) is 11.3 Å². The Morgan fingerprint density at radius 2 is 1.82 bits per heavy atom. The van der Waals surface area contributed by atoms with E-state index in [0.717, 1.165) is 27.4 Å². The van der Waals surface area contributed by atoms with Crippen LogP contribution in [-0.2, 0) is 0 Å². The lowest BCUT2D eigenvalue weighted by Gasteiger charge is -2.07. The van der Waals surface area contributed by atoms with Gasteiger partial charge in [0, 0.05) is 28.3 Å². The topological polar surface area (TPSA) is 108 Å². The predicted molar refractivity (Wildman–Crippen MR) is 125 cm³/mol. The number of nitro groups is 1. The number of amides is 1. The van der Waals surface area contributed by atoms with Gasteiger partial charge in [0.2, 0.25) is 5.89 Å². The molecule has 0 spiro atoms. The molecular formula is C25H17N3O5. The van der Waals surface area contributed by atoms with Gasteiger partial charge in [0.25, 0.3) is 5.91 Å². The molecule has 0 aliphatic heterocycles. The van der Waals surface area contributed by atoms with Gasteiger partial charge in [-0.1, -0.05) is 30.3 Å². The number of nitrogens with one attached hydrogen (secondary N) is 1. The van der Waals surface area contributed by atoms with Crippen LogP contribution in [0, 0.1) is 10.1 Å². The van der Waals surface area contributed by atoms with Crippen molar-refractivity contribution in [2.75, 3.05) is 12.4 Å². The molecule has 0 saturated heterocycles. The second-order valence-corrected chi connectivity index (χ2v) is 7.33. The van der Waals surface area contributed by atoms with Gasteiger partial charge in [-0.15, -0.1) is 0 Å². The molecule has 162 valence electrons. The van der Waals surface area contributed by atoms with Crippen molar-refractivity contribution in [2.24, 2.45) is 0 Å². The number of hydrogen-bond acceptors (Lipinski definition) is 6. The number of ether oxygens (including phenoxy) is 1. The molecule has 8 nitrogen and oxygen atoms in total. The van der Waals surface area contributed by atoms with Crippen molar-refractivity contribution < 1.29 is 18.9 Å². The van der Waals surface area contributed by atoms with E-state index in [-0.39, 0.29) is 17.0 Å². The molecule has 0 unspecified atom stereocenters. The third kappa shape index (κ3) is 3.74. The molecule has 0 saturated carbocycles. The lowest BCUT2D eigenvalue weighted by atomic mass is 10.1. The number of aromatic nitrogens is 1. The first-order chi connectivity index (χ1) is 16.0. The minimum absolute atomic E-state index is 0.0898. The van der Waals surface area contributed by atoms with Crippen LogP contribution in [0.25, 0.3) is 33.3 Å². The highest BCUT2D eigenvalue weighted by atomic mass is 16.6. The van der Waals surface area contributed by atoms with Crippen molar-refractivity contribution in [3.8, 4) is 17.2 Å². The second-order valence-electron chi connectivity index (χ2n) is 7.33. The molecule has 8 heteroatoms. The maximum Gasteiger partial charge on any atom is 0.311 e. The Morgan fingerprint density at radius 1 is 1.03 bits per heavy atom. The maximum atomic E-state index is 12.6. The molecule has 0 aliphatic carbocycles. The van der Waals surface area contributed by atoms with Gasteiger partial charge in [-0.25, -0.2) is 4.98 Å². The van der Waals surface area contributed by atoms with Crippen LogP contribution in [0.3, 0.4) is 0 Å². The molecule has 5 rings (SSSR count). The van der Waals surface area contributed by atoms with Gasteiger partial charge in [-0.05, 0) is 47.9 Å². The van der Waals surface area contributed by atoms with E-state index in [4.69, 9.17) is 9.15 Å². The van der Waals surface area contributed by atoms with Crippen LogP contribution in [0.15, 0.2) is 83.3 Å². The summed E-state index contributed by atoms with van der Waals surface area (Å²) in [7, 11) is 1.34. The van der Waals surface area contributed by atoms with E-state index < -0.39 is 10.8 Å². The Kier molecular flexibility index (Phi) is 4.95. The van der Waals surface area contributed by atoms with Gasteiger partial charge in [-0.2, -0.15) is 0 Å². The summed E-state index contributed by atoms with van der Waals surface area (Å²) in [5, 5.41) is 16.0.